The lowest BCUT2D eigenvalue weighted by molar-refractivity contribution is 0.0652. The minimum atomic E-state index is -0.285. The first-order chi connectivity index (χ1) is 17.1. The lowest BCUT2D eigenvalue weighted by Crippen LogP contribution is -2.37. The first kappa shape index (κ1) is 21.5. The van der Waals surface area contributed by atoms with Gasteiger partial charge in [0.15, 0.2) is 5.78 Å². The van der Waals surface area contributed by atoms with E-state index >= 15 is 0 Å². The number of rotatable bonds is 5. The molecule has 0 atom stereocenters. The largest absolute Gasteiger partial charge is 0.330 e. The molecule has 0 radical (unpaired) electrons. The van der Waals surface area contributed by atoms with E-state index in [1.807, 2.05) is 53.4 Å². The summed E-state index contributed by atoms with van der Waals surface area (Å²) in [4.78, 5) is 42.4. The molecule has 7 nitrogen and oxygen atoms in total. The number of nitrogens with zero attached hydrogens (tertiary/aromatic N) is 4. The van der Waals surface area contributed by atoms with Crippen LogP contribution in [-0.2, 0) is 13.1 Å². The summed E-state index contributed by atoms with van der Waals surface area (Å²) in [6, 6.07) is 20.6. The highest BCUT2D eigenvalue weighted by molar-refractivity contribution is 6.00. The van der Waals surface area contributed by atoms with Crippen LogP contribution in [0.15, 0.2) is 71.5 Å². The average molecular weight is 467 g/mol. The fraction of sp³-hybridized carbons (Fsp3) is 0.286. The number of benzene rings is 2. The van der Waals surface area contributed by atoms with Crippen molar-refractivity contribution < 1.29 is 9.59 Å². The third kappa shape index (κ3) is 3.67. The van der Waals surface area contributed by atoms with Crippen LogP contribution in [0.1, 0.15) is 58.5 Å². The molecule has 0 spiro atoms. The molecule has 1 fully saturated rings. The van der Waals surface area contributed by atoms with Gasteiger partial charge in [0.05, 0.1) is 24.3 Å². The zero-order valence-corrected chi connectivity index (χ0v) is 19.4. The summed E-state index contributed by atoms with van der Waals surface area (Å²) >= 11 is 0. The van der Waals surface area contributed by atoms with Crippen LogP contribution < -0.4 is 5.56 Å². The van der Waals surface area contributed by atoms with E-state index in [4.69, 9.17) is 0 Å². The highest BCUT2D eigenvalue weighted by atomic mass is 16.2. The fourth-order valence-electron chi connectivity index (χ4n) is 5.44. The maximum atomic E-state index is 13.7. The van der Waals surface area contributed by atoms with E-state index < -0.39 is 0 Å². The summed E-state index contributed by atoms with van der Waals surface area (Å²) in [7, 11) is 0. The normalized spacial score (nSPS) is 16.1. The molecule has 0 saturated heterocycles. The first-order valence-electron chi connectivity index (χ1n) is 12.2. The summed E-state index contributed by atoms with van der Waals surface area (Å²) in [5, 5.41) is 4.61. The van der Waals surface area contributed by atoms with E-state index in [0.717, 1.165) is 31.2 Å². The number of hydrogen-bond donors (Lipinski definition) is 0. The highest BCUT2D eigenvalue weighted by Crippen LogP contribution is 2.31. The van der Waals surface area contributed by atoms with E-state index in [0.29, 0.717) is 28.2 Å². The van der Waals surface area contributed by atoms with Crippen molar-refractivity contribution in [3.05, 3.63) is 93.9 Å². The Bertz CT molecular complexity index is 1480. The number of Topliss-reactive ketones (excluding diaryl/α,β-unsaturated/α-hetero) is 1. The van der Waals surface area contributed by atoms with E-state index in [1.54, 1.807) is 22.8 Å². The summed E-state index contributed by atoms with van der Waals surface area (Å²) in [6.07, 6.45) is 5.26. The molecule has 2 aromatic heterocycles. The SMILES string of the molecule is O=C(Cn1c2c(c(=O)n3nc(-c4ccccc4)cc13)CN(C1CCCCC1)C2=O)c1ccccc1. The number of hydrogen-bond acceptors (Lipinski definition) is 4. The molecular weight excluding hydrogens is 440 g/mol. The van der Waals surface area contributed by atoms with Crippen LogP contribution in [0.2, 0.25) is 0 Å². The summed E-state index contributed by atoms with van der Waals surface area (Å²) < 4.78 is 3.06. The van der Waals surface area contributed by atoms with Gasteiger partial charge in [-0.15, -0.1) is 0 Å². The van der Waals surface area contributed by atoms with Crippen molar-refractivity contribution in [2.45, 2.75) is 51.2 Å². The molecule has 0 unspecified atom stereocenters. The summed E-state index contributed by atoms with van der Waals surface area (Å²) in [5.41, 5.74) is 2.99. The lowest BCUT2D eigenvalue weighted by atomic mass is 9.94. The van der Waals surface area contributed by atoms with Crippen molar-refractivity contribution in [3.8, 4) is 11.3 Å². The molecule has 1 amide bonds. The molecule has 0 N–H and O–H groups in total. The fourth-order valence-corrected chi connectivity index (χ4v) is 5.44. The van der Waals surface area contributed by atoms with Gasteiger partial charge in [0.25, 0.3) is 11.5 Å². The van der Waals surface area contributed by atoms with Crippen molar-refractivity contribution >= 4 is 17.3 Å². The monoisotopic (exact) mass is 466 g/mol. The van der Waals surface area contributed by atoms with Gasteiger partial charge in [-0.2, -0.15) is 9.61 Å². The number of ketones is 1. The summed E-state index contributed by atoms with van der Waals surface area (Å²) in [5.74, 6) is -0.278. The number of aromatic nitrogens is 3. The van der Waals surface area contributed by atoms with E-state index in [9.17, 15) is 14.4 Å². The van der Waals surface area contributed by atoms with Crippen LogP contribution in [0.4, 0.5) is 0 Å². The molecule has 1 saturated carbocycles. The quantitative estimate of drug-likeness (QED) is 0.410. The number of fused-ring (bicyclic) bond motifs is 2. The van der Waals surface area contributed by atoms with Gasteiger partial charge in [-0.1, -0.05) is 79.9 Å². The van der Waals surface area contributed by atoms with Gasteiger partial charge in [0.1, 0.15) is 11.3 Å². The van der Waals surface area contributed by atoms with Crippen LogP contribution in [-0.4, -0.2) is 36.8 Å². The third-order valence-electron chi connectivity index (χ3n) is 7.25. The molecule has 176 valence electrons. The molecule has 2 aromatic carbocycles. The van der Waals surface area contributed by atoms with Crippen LogP contribution >= 0.6 is 0 Å². The Morgan fingerprint density at radius 2 is 1.60 bits per heavy atom. The minimum Gasteiger partial charge on any atom is -0.330 e. The van der Waals surface area contributed by atoms with Crippen molar-refractivity contribution in [2.75, 3.05) is 0 Å². The Kier molecular flexibility index (Phi) is 5.32. The molecule has 6 rings (SSSR count). The maximum absolute atomic E-state index is 13.7. The van der Waals surface area contributed by atoms with Gasteiger partial charge in [-0.25, -0.2) is 0 Å². The van der Waals surface area contributed by atoms with Gasteiger partial charge >= 0.3 is 0 Å². The minimum absolute atomic E-state index is 0.0414. The first-order valence-corrected chi connectivity index (χ1v) is 12.2. The predicted octanol–water partition coefficient (Wildman–Crippen LogP) is 4.33. The number of amides is 1. The van der Waals surface area contributed by atoms with Gasteiger partial charge in [0.2, 0.25) is 0 Å². The summed E-state index contributed by atoms with van der Waals surface area (Å²) in [6.45, 7) is 0.230. The Balaban J connectivity index is 1.51. The van der Waals surface area contributed by atoms with Gasteiger partial charge < -0.3 is 9.47 Å². The molecule has 2 aliphatic rings. The Morgan fingerprint density at radius 1 is 0.914 bits per heavy atom. The predicted molar refractivity (Wildman–Crippen MR) is 132 cm³/mol. The van der Waals surface area contributed by atoms with Gasteiger partial charge in [0, 0.05) is 23.2 Å². The van der Waals surface area contributed by atoms with E-state index in [-0.39, 0.29) is 36.4 Å². The molecule has 4 aromatic rings. The van der Waals surface area contributed by atoms with Gasteiger partial charge in [-0.3, -0.25) is 14.4 Å². The second kappa shape index (κ2) is 8.65. The van der Waals surface area contributed by atoms with Crippen molar-refractivity contribution in [1.82, 2.24) is 19.1 Å². The number of carbonyl (C=O) groups excluding carboxylic acids is 2. The average Bonchev–Trinajstić information content (AvgIpc) is 3.51. The second-order valence-electron chi connectivity index (χ2n) is 9.40. The van der Waals surface area contributed by atoms with E-state index in [1.165, 1.54) is 10.9 Å². The topological polar surface area (TPSA) is 76.7 Å². The van der Waals surface area contributed by atoms with Crippen molar-refractivity contribution in [1.29, 1.82) is 0 Å². The van der Waals surface area contributed by atoms with Crippen LogP contribution in [0.3, 0.4) is 0 Å². The molecule has 35 heavy (non-hydrogen) atoms. The van der Waals surface area contributed by atoms with Crippen LogP contribution in [0, 0.1) is 0 Å². The lowest BCUT2D eigenvalue weighted by Gasteiger charge is -2.30. The standard InChI is InChI=1S/C28H26N4O3/c33-24(20-12-6-2-7-13-20)18-31-25-16-23(19-10-4-1-5-11-19)29-32(25)27(34)22-17-30(28(35)26(22)31)21-14-8-3-9-15-21/h1-2,4-7,10-13,16,21H,3,8-9,14-15,17-18H2. The third-order valence-corrected chi connectivity index (χ3v) is 7.25. The molecule has 3 heterocycles. The smallest absolute Gasteiger partial charge is 0.280 e. The zero-order chi connectivity index (χ0) is 23.9. The van der Waals surface area contributed by atoms with Crippen molar-refractivity contribution in [2.24, 2.45) is 0 Å². The highest BCUT2D eigenvalue weighted by Gasteiger charge is 2.38. The Labute approximate surface area is 202 Å². The van der Waals surface area contributed by atoms with Crippen LogP contribution in [0.5, 0.6) is 0 Å². The Hall–Kier alpha value is -4.00. The zero-order valence-electron chi connectivity index (χ0n) is 19.4. The van der Waals surface area contributed by atoms with E-state index in [2.05, 4.69) is 5.10 Å². The molecule has 7 heteroatoms. The van der Waals surface area contributed by atoms with Gasteiger partial charge in [-0.05, 0) is 12.8 Å². The number of carbonyl (C=O) groups is 2. The Morgan fingerprint density at radius 3 is 2.31 bits per heavy atom. The van der Waals surface area contributed by atoms with Crippen molar-refractivity contribution in [3.63, 3.8) is 0 Å². The van der Waals surface area contributed by atoms with Crippen LogP contribution in [0.25, 0.3) is 16.9 Å². The second-order valence-corrected chi connectivity index (χ2v) is 9.40. The molecule has 1 aliphatic carbocycles. The molecular formula is C28H26N4O3. The maximum Gasteiger partial charge on any atom is 0.280 e. The molecule has 1 aliphatic heterocycles. The molecule has 0 bridgehead atoms.